The normalized spacial score (nSPS) is 11.3. The number of hydrogen-bond donors (Lipinski definition) is 1. The van der Waals surface area contributed by atoms with Crippen molar-refractivity contribution in [1.29, 1.82) is 0 Å². The van der Waals surface area contributed by atoms with Crippen LogP contribution >= 0.6 is 11.6 Å². The van der Waals surface area contributed by atoms with Crippen molar-refractivity contribution < 1.29 is 13.3 Å². The van der Waals surface area contributed by atoms with Crippen molar-refractivity contribution in [2.75, 3.05) is 5.73 Å². The first kappa shape index (κ1) is 15.2. The van der Waals surface area contributed by atoms with Crippen LogP contribution in [0.2, 0.25) is 5.02 Å². The third kappa shape index (κ3) is 3.11. The topological polar surface area (TPSA) is 116 Å². The Labute approximate surface area is 125 Å². The summed E-state index contributed by atoms with van der Waals surface area (Å²) in [6, 6.07) is 6.85. The summed E-state index contributed by atoms with van der Waals surface area (Å²) < 4.78 is 24.7. The lowest BCUT2D eigenvalue weighted by Gasteiger charge is -2.08. The molecule has 0 aliphatic carbocycles. The van der Waals surface area contributed by atoms with Crippen LogP contribution in [0.25, 0.3) is 0 Å². The smallest absolute Gasteiger partial charge is 0.275 e. The standard InChI is InChI=1S/C12H10ClN3O4S/c13-9-3-1-5-11(16(17)18)8(9)7-21(19,20)12-10(14)4-2-6-15-12/h1-6H,7,14H2. The van der Waals surface area contributed by atoms with Gasteiger partial charge in [-0.05, 0) is 18.2 Å². The van der Waals surface area contributed by atoms with E-state index in [1.807, 2.05) is 0 Å². The fourth-order valence-corrected chi connectivity index (χ4v) is 3.57. The lowest BCUT2D eigenvalue weighted by molar-refractivity contribution is -0.385. The number of nitrogen functional groups attached to an aromatic ring is 1. The zero-order valence-electron chi connectivity index (χ0n) is 10.6. The predicted molar refractivity (Wildman–Crippen MR) is 77.6 cm³/mol. The molecule has 0 amide bonds. The van der Waals surface area contributed by atoms with E-state index in [-0.39, 0.29) is 27.0 Å². The highest BCUT2D eigenvalue weighted by molar-refractivity contribution is 7.90. The Balaban J connectivity index is 2.52. The van der Waals surface area contributed by atoms with Crippen molar-refractivity contribution >= 4 is 32.8 Å². The highest BCUT2D eigenvalue weighted by Gasteiger charge is 2.26. The SMILES string of the molecule is Nc1cccnc1S(=O)(=O)Cc1c(Cl)cccc1[N+](=O)[O-]. The first-order valence-electron chi connectivity index (χ1n) is 5.68. The Bertz CT molecular complexity index is 808. The number of anilines is 1. The molecule has 0 fully saturated rings. The summed E-state index contributed by atoms with van der Waals surface area (Å²) in [6.45, 7) is 0. The lowest BCUT2D eigenvalue weighted by atomic mass is 10.2. The molecule has 110 valence electrons. The first-order chi connectivity index (χ1) is 9.83. The van der Waals surface area contributed by atoms with E-state index in [2.05, 4.69) is 4.98 Å². The van der Waals surface area contributed by atoms with Gasteiger partial charge in [0, 0.05) is 12.3 Å². The number of nitro groups is 1. The predicted octanol–water partition coefficient (Wildman–Crippen LogP) is 2.20. The van der Waals surface area contributed by atoms with E-state index in [1.165, 1.54) is 36.5 Å². The van der Waals surface area contributed by atoms with Gasteiger partial charge in [-0.3, -0.25) is 10.1 Å². The Morgan fingerprint density at radius 1 is 1.29 bits per heavy atom. The van der Waals surface area contributed by atoms with Gasteiger partial charge in [-0.2, -0.15) is 0 Å². The van der Waals surface area contributed by atoms with Gasteiger partial charge in [0.25, 0.3) is 5.69 Å². The second kappa shape index (κ2) is 5.66. The first-order valence-corrected chi connectivity index (χ1v) is 7.71. The third-order valence-corrected chi connectivity index (χ3v) is 4.67. The zero-order valence-corrected chi connectivity index (χ0v) is 12.1. The molecule has 1 heterocycles. The number of aromatic nitrogens is 1. The molecule has 21 heavy (non-hydrogen) atoms. The molecule has 0 saturated carbocycles. The molecular weight excluding hydrogens is 318 g/mol. The van der Waals surface area contributed by atoms with Crippen LogP contribution in [0.5, 0.6) is 0 Å². The van der Waals surface area contributed by atoms with Crippen LogP contribution in [0.4, 0.5) is 11.4 Å². The molecule has 0 unspecified atom stereocenters. The molecule has 1 aromatic carbocycles. The Hall–Kier alpha value is -2.19. The van der Waals surface area contributed by atoms with Gasteiger partial charge in [0.2, 0.25) is 9.84 Å². The third-order valence-electron chi connectivity index (χ3n) is 2.72. The fourth-order valence-electron chi connectivity index (χ4n) is 1.78. The molecule has 2 aromatic rings. The van der Waals surface area contributed by atoms with E-state index in [1.54, 1.807) is 0 Å². The molecule has 2 rings (SSSR count). The number of sulfone groups is 1. The summed E-state index contributed by atoms with van der Waals surface area (Å²) in [5, 5.41) is 10.7. The highest BCUT2D eigenvalue weighted by atomic mass is 35.5. The van der Waals surface area contributed by atoms with Gasteiger partial charge in [0.15, 0.2) is 5.03 Å². The summed E-state index contributed by atoms with van der Waals surface area (Å²) >= 11 is 5.89. The minimum Gasteiger partial charge on any atom is -0.396 e. The number of rotatable bonds is 4. The molecule has 0 atom stereocenters. The second-order valence-electron chi connectivity index (χ2n) is 4.15. The van der Waals surface area contributed by atoms with Gasteiger partial charge in [-0.15, -0.1) is 0 Å². The number of halogens is 1. The number of nitrogens with two attached hydrogens (primary N) is 1. The van der Waals surface area contributed by atoms with Crippen molar-refractivity contribution in [3.05, 3.63) is 57.2 Å². The van der Waals surface area contributed by atoms with Crippen molar-refractivity contribution in [3.63, 3.8) is 0 Å². The quantitative estimate of drug-likeness (QED) is 0.679. The number of hydrogen-bond acceptors (Lipinski definition) is 6. The van der Waals surface area contributed by atoms with Gasteiger partial charge in [0.1, 0.15) is 0 Å². The molecular formula is C12H10ClN3O4S. The number of nitro benzene ring substituents is 1. The van der Waals surface area contributed by atoms with Crippen LogP contribution in [0.15, 0.2) is 41.6 Å². The monoisotopic (exact) mass is 327 g/mol. The van der Waals surface area contributed by atoms with E-state index >= 15 is 0 Å². The summed E-state index contributed by atoms with van der Waals surface area (Å²) in [4.78, 5) is 14.0. The van der Waals surface area contributed by atoms with Crippen molar-refractivity contribution in [3.8, 4) is 0 Å². The molecule has 1 aromatic heterocycles. The Morgan fingerprint density at radius 3 is 2.62 bits per heavy atom. The fraction of sp³-hybridized carbons (Fsp3) is 0.0833. The molecule has 0 aliphatic rings. The Morgan fingerprint density at radius 2 is 2.00 bits per heavy atom. The minimum atomic E-state index is -3.95. The molecule has 7 nitrogen and oxygen atoms in total. The van der Waals surface area contributed by atoms with Crippen molar-refractivity contribution in [2.45, 2.75) is 10.8 Å². The maximum Gasteiger partial charge on any atom is 0.275 e. The minimum absolute atomic E-state index is 0.00211. The maximum atomic E-state index is 12.3. The van der Waals surface area contributed by atoms with E-state index in [0.29, 0.717) is 0 Å². The highest BCUT2D eigenvalue weighted by Crippen LogP contribution is 2.30. The van der Waals surface area contributed by atoms with Gasteiger partial charge in [-0.1, -0.05) is 17.7 Å². The van der Waals surface area contributed by atoms with E-state index in [0.717, 1.165) is 0 Å². The molecule has 0 saturated heterocycles. The average molecular weight is 328 g/mol. The summed E-state index contributed by atoms with van der Waals surface area (Å²) in [6.07, 6.45) is 1.28. The second-order valence-corrected chi connectivity index (χ2v) is 6.46. The summed E-state index contributed by atoms with van der Waals surface area (Å²) in [5.74, 6) is -0.649. The number of pyridine rings is 1. The largest absolute Gasteiger partial charge is 0.396 e. The van der Waals surface area contributed by atoms with Crippen LogP contribution in [0, 0.1) is 10.1 Å². The zero-order chi connectivity index (χ0) is 15.6. The van der Waals surface area contributed by atoms with Crippen LogP contribution in [-0.2, 0) is 15.6 Å². The summed E-state index contributed by atoms with van der Waals surface area (Å²) in [5.41, 5.74) is 5.12. The van der Waals surface area contributed by atoms with Gasteiger partial charge in [-0.25, -0.2) is 13.4 Å². The van der Waals surface area contributed by atoms with E-state index < -0.39 is 20.5 Å². The van der Waals surface area contributed by atoms with Crippen LogP contribution in [0.1, 0.15) is 5.56 Å². The van der Waals surface area contributed by atoms with Crippen LogP contribution in [0.3, 0.4) is 0 Å². The van der Waals surface area contributed by atoms with Gasteiger partial charge >= 0.3 is 0 Å². The van der Waals surface area contributed by atoms with Crippen molar-refractivity contribution in [2.24, 2.45) is 0 Å². The molecule has 2 N–H and O–H groups in total. The lowest BCUT2D eigenvalue weighted by Crippen LogP contribution is -2.11. The molecule has 0 radical (unpaired) electrons. The Kier molecular flexibility index (Phi) is 4.10. The van der Waals surface area contributed by atoms with E-state index in [4.69, 9.17) is 17.3 Å². The van der Waals surface area contributed by atoms with Crippen LogP contribution in [-0.4, -0.2) is 18.3 Å². The van der Waals surface area contributed by atoms with Gasteiger partial charge in [0.05, 0.1) is 26.9 Å². The van der Waals surface area contributed by atoms with Gasteiger partial charge < -0.3 is 5.73 Å². The van der Waals surface area contributed by atoms with Crippen molar-refractivity contribution in [1.82, 2.24) is 4.98 Å². The number of nitrogens with zero attached hydrogens (tertiary/aromatic N) is 2. The molecule has 0 aliphatic heterocycles. The molecule has 0 spiro atoms. The summed E-state index contributed by atoms with van der Waals surface area (Å²) in [7, 11) is -3.95. The average Bonchev–Trinajstić information content (AvgIpc) is 2.41. The number of benzene rings is 1. The maximum absolute atomic E-state index is 12.3. The van der Waals surface area contributed by atoms with E-state index in [9.17, 15) is 18.5 Å². The van der Waals surface area contributed by atoms with Crippen LogP contribution < -0.4 is 5.73 Å². The molecule has 0 bridgehead atoms. The molecule has 9 heteroatoms.